The van der Waals surface area contributed by atoms with Crippen LogP contribution >= 0.6 is 0 Å². The van der Waals surface area contributed by atoms with Crippen LogP contribution in [-0.2, 0) is 20.5 Å². The number of carbonyl (C=O) groups excluding carboxylic acids is 1. The zero-order chi connectivity index (χ0) is 23.4. The summed E-state index contributed by atoms with van der Waals surface area (Å²) < 4.78 is 39.9. The van der Waals surface area contributed by atoms with Gasteiger partial charge in [-0.2, -0.15) is 0 Å². The van der Waals surface area contributed by atoms with Crippen LogP contribution in [0.2, 0.25) is 0 Å². The summed E-state index contributed by atoms with van der Waals surface area (Å²) in [5.41, 5.74) is 6.32. The number of nitrogens with two attached hydrogens (primary N) is 1. The highest BCUT2D eigenvalue weighted by Crippen LogP contribution is 2.65. The molecule has 8 heteroatoms. The molecule has 0 spiro atoms. The Labute approximate surface area is 189 Å². The molecule has 1 aromatic rings. The van der Waals surface area contributed by atoms with Crippen molar-refractivity contribution in [3.05, 3.63) is 35.4 Å². The van der Waals surface area contributed by atoms with Gasteiger partial charge in [-0.1, -0.05) is 27.7 Å². The van der Waals surface area contributed by atoms with Gasteiger partial charge in [-0.25, -0.2) is 8.78 Å². The van der Waals surface area contributed by atoms with Gasteiger partial charge in [0.25, 0.3) is 0 Å². The molecule has 4 aliphatic rings. The lowest BCUT2D eigenvalue weighted by Gasteiger charge is -2.64. The van der Waals surface area contributed by atoms with Gasteiger partial charge in [-0.05, 0) is 73.5 Å². The molecule has 1 amide bonds. The summed E-state index contributed by atoms with van der Waals surface area (Å²) in [6.07, 6.45) is 2.88. The third-order valence-corrected chi connectivity index (χ3v) is 8.07. The van der Waals surface area contributed by atoms with Crippen LogP contribution in [-0.4, -0.2) is 36.7 Å². The van der Waals surface area contributed by atoms with Gasteiger partial charge in [0, 0.05) is 6.07 Å². The number of amides is 1. The van der Waals surface area contributed by atoms with Gasteiger partial charge in [0.15, 0.2) is 0 Å². The van der Waals surface area contributed by atoms with Crippen LogP contribution in [0.4, 0.5) is 8.78 Å². The van der Waals surface area contributed by atoms with Crippen molar-refractivity contribution < 1.29 is 22.9 Å². The van der Waals surface area contributed by atoms with Crippen molar-refractivity contribution in [1.29, 1.82) is 0 Å². The minimum absolute atomic E-state index is 0.0276. The molecule has 3 N–H and O–H groups in total. The Morgan fingerprint density at radius 3 is 2.47 bits per heavy atom. The summed E-state index contributed by atoms with van der Waals surface area (Å²) >= 11 is 0. The SMILES string of the molecule is CC(C)C[C@H](NC(=O)[C@@H](N)Cc1cc(F)cc(F)c1)B1O[C@@H]2C[C@@H]3C[C@@H](C3(C)C)[C@]2(C)O1. The molecule has 3 saturated carbocycles. The lowest BCUT2D eigenvalue weighted by atomic mass is 9.43. The summed E-state index contributed by atoms with van der Waals surface area (Å²) in [4.78, 5) is 12.9. The summed E-state index contributed by atoms with van der Waals surface area (Å²) in [7, 11) is -0.537. The molecule has 0 aromatic heterocycles. The Hall–Kier alpha value is -1.51. The lowest BCUT2D eigenvalue weighted by Crippen LogP contribution is -2.65. The zero-order valence-electron chi connectivity index (χ0n) is 19.7. The van der Waals surface area contributed by atoms with Crippen molar-refractivity contribution in [2.45, 2.75) is 84.0 Å². The largest absolute Gasteiger partial charge is 0.481 e. The first-order chi connectivity index (χ1) is 14.9. The first kappa shape index (κ1) is 23.6. The summed E-state index contributed by atoms with van der Waals surface area (Å²) in [6.45, 7) is 10.9. The van der Waals surface area contributed by atoms with Gasteiger partial charge in [-0.15, -0.1) is 0 Å². The monoisotopic (exact) mass is 448 g/mol. The Bertz CT molecular complexity index is 863. The van der Waals surface area contributed by atoms with Crippen LogP contribution in [0.5, 0.6) is 0 Å². The zero-order valence-corrected chi connectivity index (χ0v) is 19.7. The van der Waals surface area contributed by atoms with Crippen molar-refractivity contribution in [3.8, 4) is 0 Å². The van der Waals surface area contributed by atoms with Gasteiger partial charge < -0.3 is 20.4 Å². The third-order valence-electron chi connectivity index (χ3n) is 8.07. The van der Waals surface area contributed by atoms with Gasteiger partial charge >= 0.3 is 7.12 Å². The minimum atomic E-state index is -0.933. The Kier molecular flexibility index (Phi) is 6.18. The molecular formula is C24H35BF2N2O3. The second kappa shape index (κ2) is 8.37. The molecule has 3 aliphatic carbocycles. The van der Waals surface area contributed by atoms with Crippen LogP contribution < -0.4 is 11.1 Å². The van der Waals surface area contributed by atoms with E-state index >= 15 is 0 Å². The molecule has 6 atom stereocenters. The predicted octanol–water partition coefficient (Wildman–Crippen LogP) is 3.63. The fourth-order valence-electron chi connectivity index (χ4n) is 6.18. The molecule has 32 heavy (non-hydrogen) atoms. The standard InChI is InChI=1S/C24H35BF2N2O3/c1-13(2)6-21(29-22(30)18(28)9-14-7-16(26)12-17(27)8-14)25-31-20-11-15-10-19(23(15,3)4)24(20,5)32-25/h7-8,12-13,15,18-21H,6,9-11,28H2,1-5H3,(H,29,30)/t15-,18-,19-,20+,21-,24-/m0/s1. The maximum absolute atomic E-state index is 13.5. The summed E-state index contributed by atoms with van der Waals surface area (Å²) in [5, 5.41) is 3.01. The van der Waals surface area contributed by atoms with Crippen molar-refractivity contribution in [2.75, 3.05) is 0 Å². The van der Waals surface area contributed by atoms with Crippen LogP contribution in [0, 0.1) is 34.8 Å². The maximum Gasteiger partial charge on any atom is 0.481 e. The fourth-order valence-corrected chi connectivity index (χ4v) is 6.18. The molecule has 5 rings (SSSR count). The number of halogens is 2. The first-order valence-corrected chi connectivity index (χ1v) is 11.7. The molecule has 2 bridgehead atoms. The van der Waals surface area contributed by atoms with Crippen LogP contribution in [0.15, 0.2) is 18.2 Å². The van der Waals surface area contributed by atoms with Gasteiger partial charge in [0.2, 0.25) is 5.91 Å². The van der Waals surface area contributed by atoms with Crippen molar-refractivity contribution in [2.24, 2.45) is 28.9 Å². The van der Waals surface area contributed by atoms with E-state index in [-0.39, 0.29) is 35.4 Å². The number of nitrogens with one attached hydrogen (secondary N) is 1. The van der Waals surface area contributed by atoms with E-state index in [1.807, 2.05) is 0 Å². The molecule has 0 radical (unpaired) electrons. The Morgan fingerprint density at radius 2 is 1.88 bits per heavy atom. The molecule has 5 nitrogen and oxygen atoms in total. The average molecular weight is 448 g/mol. The first-order valence-electron chi connectivity index (χ1n) is 11.7. The average Bonchev–Trinajstić information content (AvgIpc) is 3.03. The molecule has 4 fully saturated rings. The van der Waals surface area contributed by atoms with Crippen molar-refractivity contribution in [3.63, 3.8) is 0 Å². The third kappa shape index (κ3) is 4.21. The topological polar surface area (TPSA) is 73.6 Å². The van der Waals surface area contributed by atoms with Crippen LogP contribution in [0.25, 0.3) is 0 Å². The van der Waals surface area contributed by atoms with Crippen molar-refractivity contribution in [1.82, 2.24) is 5.32 Å². The maximum atomic E-state index is 13.5. The Balaban J connectivity index is 1.44. The predicted molar refractivity (Wildman–Crippen MR) is 120 cm³/mol. The molecule has 176 valence electrons. The smallest absolute Gasteiger partial charge is 0.404 e. The lowest BCUT2D eigenvalue weighted by molar-refractivity contribution is -0.199. The molecule has 1 heterocycles. The molecule has 1 aromatic carbocycles. The quantitative estimate of drug-likeness (QED) is 0.625. The van der Waals surface area contributed by atoms with Crippen molar-refractivity contribution >= 4 is 13.0 Å². The van der Waals surface area contributed by atoms with E-state index in [9.17, 15) is 13.6 Å². The second-order valence-corrected chi connectivity index (χ2v) is 11.2. The molecule has 0 unspecified atom stereocenters. The molecular weight excluding hydrogens is 413 g/mol. The highest BCUT2D eigenvalue weighted by atomic mass is 19.1. The Morgan fingerprint density at radius 1 is 1.22 bits per heavy atom. The van der Waals surface area contributed by atoms with E-state index in [1.54, 1.807) is 0 Å². The minimum Gasteiger partial charge on any atom is -0.404 e. The molecule has 1 saturated heterocycles. The van der Waals surface area contributed by atoms with E-state index in [0.717, 1.165) is 18.9 Å². The number of hydrogen-bond acceptors (Lipinski definition) is 4. The fraction of sp³-hybridized carbons (Fsp3) is 0.708. The van der Waals surface area contributed by atoms with Gasteiger partial charge in [0.1, 0.15) is 11.6 Å². The van der Waals surface area contributed by atoms with Crippen LogP contribution in [0.3, 0.4) is 0 Å². The highest BCUT2D eigenvalue weighted by Gasteiger charge is 2.68. The number of carbonyl (C=O) groups is 1. The summed E-state index contributed by atoms with van der Waals surface area (Å²) in [5.74, 6) is -0.708. The number of rotatable bonds is 7. The van der Waals surface area contributed by atoms with E-state index in [1.165, 1.54) is 12.1 Å². The normalized spacial score (nSPS) is 32.3. The summed E-state index contributed by atoms with van der Waals surface area (Å²) in [6, 6.07) is 2.26. The number of hydrogen-bond donors (Lipinski definition) is 2. The van der Waals surface area contributed by atoms with Gasteiger partial charge in [0.05, 0.1) is 23.7 Å². The highest BCUT2D eigenvalue weighted by molar-refractivity contribution is 6.47. The van der Waals surface area contributed by atoms with E-state index in [0.29, 0.717) is 29.7 Å². The van der Waals surface area contributed by atoms with Crippen LogP contribution in [0.1, 0.15) is 59.4 Å². The van der Waals surface area contributed by atoms with Gasteiger partial charge in [-0.3, -0.25) is 4.79 Å². The van der Waals surface area contributed by atoms with E-state index in [2.05, 4.69) is 39.9 Å². The molecule has 1 aliphatic heterocycles. The van der Waals surface area contributed by atoms with E-state index < -0.39 is 24.8 Å². The number of benzene rings is 1. The van der Waals surface area contributed by atoms with E-state index in [4.69, 9.17) is 15.0 Å². The second-order valence-electron chi connectivity index (χ2n) is 11.2.